The Labute approximate surface area is 170 Å². The molecule has 2 saturated heterocycles. The number of hydrogen-bond acceptors (Lipinski definition) is 5. The van der Waals surface area contributed by atoms with Gasteiger partial charge in [0.15, 0.2) is 0 Å². The van der Waals surface area contributed by atoms with Gasteiger partial charge in [-0.25, -0.2) is 0 Å². The van der Waals surface area contributed by atoms with Gasteiger partial charge in [-0.1, -0.05) is 28.9 Å². The lowest BCUT2D eigenvalue weighted by atomic mass is 9.93. The maximum absolute atomic E-state index is 12.4. The molecule has 1 amide bonds. The van der Waals surface area contributed by atoms with Crippen LogP contribution in [0.1, 0.15) is 53.4 Å². The number of halogens is 1. The van der Waals surface area contributed by atoms with Crippen LogP contribution in [-0.2, 0) is 11.3 Å². The zero-order chi connectivity index (χ0) is 19.3. The molecule has 0 unspecified atom stereocenters. The van der Waals surface area contributed by atoms with E-state index in [1.807, 2.05) is 18.2 Å². The normalized spacial score (nSPS) is 21.5. The monoisotopic (exact) mass is 403 g/mol. The second-order valence-corrected chi connectivity index (χ2v) is 8.12. The molecule has 2 aromatic rings. The molecule has 2 fully saturated rings. The molecule has 2 aliphatic rings. The summed E-state index contributed by atoms with van der Waals surface area (Å²) < 4.78 is 10.7. The summed E-state index contributed by atoms with van der Waals surface area (Å²) in [6.07, 6.45) is 3.92. The van der Waals surface area contributed by atoms with Crippen molar-refractivity contribution in [2.45, 2.75) is 44.2 Å². The Morgan fingerprint density at radius 2 is 2.11 bits per heavy atom. The largest absolute Gasteiger partial charge is 0.379 e. The molecule has 150 valence electrons. The number of carbonyl (C=O) groups is 1. The standard InChI is InChI=1S/C21H26ClN3O3/c22-17-4-1-3-15(11-17)13-25-8-6-16(7-9-25)19-12-20(28-24-19)21(26)23-18-5-2-10-27-14-18/h1,3-4,11-12,16,18H,2,5-10,13-14H2,(H,23,26)/t18-/m1/s1. The predicted molar refractivity (Wildman–Crippen MR) is 107 cm³/mol. The van der Waals surface area contributed by atoms with Gasteiger partial charge in [-0.05, 0) is 56.5 Å². The summed E-state index contributed by atoms with van der Waals surface area (Å²) in [5.74, 6) is 0.425. The van der Waals surface area contributed by atoms with E-state index in [4.69, 9.17) is 20.9 Å². The first-order valence-corrected chi connectivity index (χ1v) is 10.4. The molecule has 0 saturated carbocycles. The fourth-order valence-corrected chi connectivity index (χ4v) is 4.19. The number of carbonyl (C=O) groups excluding carboxylic acids is 1. The smallest absolute Gasteiger partial charge is 0.290 e. The zero-order valence-electron chi connectivity index (χ0n) is 15.9. The van der Waals surface area contributed by atoms with E-state index < -0.39 is 0 Å². The molecule has 1 N–H and O–H groups in total. The highest BCUT2D eigenvalue weighted by atomic mass is 35.5. The maximum Gasteiger partial charge on any atom is 0.290 e. The Balaban J connectivity index is 1.28. The molecular weight excluding hydrogens is 378 g/mol. The third kappa shape index (κ3) is 4.93. The topological polar surface area (TPSA) is 67.6 Å². The number of ether oxygens (including phenoxy) is 1. The van der Waals surface area contributed by atoms with Gasteiger partial charge in [0.05, 0.1) is 18.3 Å². The highest BCUT2D eigenvalue weighted by Gasteiger charge is 2.26. The van der Waals surface area contributed by atoms with Crippen molar-refractivity contribution in [3.8, 4) is 0 Å². The molecule has 1 aromatic carbocycles. The van der Waals surface area contributed by atoms with Crippen molar-refractivity contribution in [2.24, 2.45) is 0 Å². The number of piperidine rings is 1. The number of likely N-dealkylation sites (tertiary alicyclic amines) is 1. The van der Waals surface area contributed by atoms with Crippen LogP contribution in [0.2, 0.25) is 5.02 Å². The minimum absolute atomic E-state index is 0.0597. The summed E-state index contributed by atoms with van der Waals surface area (Å²) in [7, 11) is 0. The minimum Gasteiger partial charge on any atom is -0.379 e. The van der Waals surface area contributed by atoms with Crippen molar-refractivity contribution < 1.29 is 14.1 Å². The Hall–Kier alpha value is -1.89. The number of nitrogens with zero attached hydrogens (tertiary/aromatic N) is 2. The molecule has 6 nitrogen and oxygen atoms in total. The molecule has 0 spiro atoms. The predicted octanol–water partition coefficient (Wildman–Crippen LogP) is 3.62. The van der Waals surface area contributed by atoms with Crippen LogP contribution >= 0.6 is 11.6 Å². The van der Waals surface area contributed by atoms with Crippen LogP contribution in [0.15, 0.2) is 34.9 Å². The quantitative estimate of drug-likeness (QED) is 0.825. The van der Waals surface area contributed by atoms with Crippen LogP contribution in [0.3, 0.4) is 0 Å². The lowest BCUT2D eigenvalue weighted by Crippen LogP contribution is -2.40. The number of aromatic nitrogens is 1. The van der Waals surface area contributed by atoms with Gasteiger partial charge in [0.2, 0.25) is 5.76 Å². The van der Waals surface area contributed by atoms with Gasteiger partial charge in [-0.15, -0.1) is 0 Å². The summed E-state index contributed by atoms with van der Waals surface area (Å²) in [6.45, 7) is 4.23. The summed E-state index contributed by atoms with van der Waals surface area (Å²) in [5.41, 5.74) is 2.12. The van der Waals surface area contributed by atoms with Crippen molar-refractivity contribution in [1.82, 2.24) is 15.4 Å². The van der Waals surface area contributed by atoms with Gasteiger partial charge < -0.3 is 14.6 Å². The van der Waals surface area contributed by atoms with Gasteiger partial charge in [-0.2, -0.15) is 0 Å². The lowest BCUT2D eigenvalue weighted by molar-refractivity contribution is 0.0608. The third-order valence-electron chi connectivity index (χ3n) is 5.55. The third-order valence-corrected chi connectivity index (χ3v) is 5.78. The fraction of sp³-hybridized carbons (Fsp3) is 0.524. The van der Waals surface area contributed by atoms with Gasteiger partial charge in [0, 0.05) is 30.2 Å². The molecule has 3 heterocycles. The van der Waals surface area contributed by atoms with E-state index in [1.165, 1.54) is 5.56 Å². The summed E-state index contributed by atoms with van der Waals surface area (Å²) in [6, 6.07) is 9.88. The number of amides is 1. The first kappa shape index (κ1) is 19.4. The Morgan fingerprint density at radius 3 is 2.86 bits per heavy atom. The first-order valence-electron chi connectivity index (χ1n) is 9.99. The van der Waals surface area contributed by atoms with Crippen molar-refractivity contribution in [3.05, 3.63) is 52.4 Å². The SMILES string of the molecule is O=C(N[C@@H]1CCCOC1)c1cc(C2CCN(Cc3cccc(Cl)c3)CC2)no1. The van der Waals surface area contributed by atoms with Crippen molar-refractivity contribution in [2.75, 3.05) is 26.3 Å². The van der Waals surface area contributed by atoms with Crippen LogP contribution in [-0.4, -0.2) is 48.3 Å². The zero-order valence-corrected chi connectivity index (χ0v) is 16.7. The molecule has 2 aliphatic heterocycles. The highest BCUT2D eigenvalue weighted by Crippen LogP contribution is 2.28. The van der Waals surface area contributed by atoms with E-state index in [9.17, 15) is 4.79 Å². The molecule has 7 heteroatoms. The summed E-state index contributed by atoms with van der Waals surface area (Å²) >= 11 is 6.08. The van der Waals surface area contributed by atoms with E-state index in [0.29, 0.717) is 18.3 Å². The Bertz CT molecular complexity index is 796. The molecule has 1 aromatic heterocycles. The molecule has 1 atom stereocenters. The summed E-state index contributed by atoms with van der Waals surface area (Å²) in [4.78, 5) is 14.8. The number of hydrogen-bond donors (Lipinski definition) is 1. The van der Waals surface area contributed by atoms with Crippen LogP contribution in [0, 0.1) is 0 Å². The average molecular weight is 404 g/mol. The molecule has 0 radical (unpaired) electrons. The highest BCUT2D eigenvalue weighted by molar-refractivity contribution is 6.30. The van der Waals surface area contributed by atoms with Crippen LogP contribution in [0.4, 0.5) is 0 Å². The van der Waals surface area contributed by atoms with Crippen molar-refractivity contribution in [3.63, 3.8) is 0 Å². The van der Waals surface area contributed by atoms with Gasteiger partial charge in [0.25, 0.3) is 5.91 Å². The number of rotatable bonds is 5. The van der Waals surface area contributed by atoms with E-state index in [1.54, 1.807) is 6.07 Å². The maximum atomic E-state index is 12.4. The average Bonchev–Trinajstić information content (AvgIpc) is 3.20. The van der Waals surface area contributed by atoms with E-state index in [-0.39, 0.29) is 11.9 Å². The van der Waals surface area contributed by atoms with Crippen molar-refractivity contribution in [1.29, 1.82) is 0 Å². The molecule has 0 bridgehead atoms. The minimum atomic E-state index is -0.201. The Kier molecular flexibility index (Phi) is 6.29. The first-order chi connectivity index (χ1) is 13.7. The number of benzene rings is 1. The number of nitrogens with one attached hydrogen (secondary N) is 1. The van der Waals surface area contributed by atoms with E-state index in [2.05, 4.69) is 21.4 Å². The second-order valence-electron chi connectivity index (χ2n) is 7.68. The lowest BCUT2D eigenvalue weighted by Gasteiger charge is -2.31. The molecule has 4 rings (SSSR count). The fourth-order valence-electron chi connectivity index (χ4n) is 3.98. The van der Waals surface area contributed by atoms with Crippen LogP contribution < -0.4 is 5.32 Å². The molecule has 28 heavy (non-hydrogen) atoms. The van der Waals surface area contributed by atoms with Gasteiger partial charge in [-0.3, -0.25) is 9.69 Å². The van der Waals surface area contributed by atoms with Gasteiger partial charge >= 0.3 is 0 Å². The van der Waals surface area contributed by atoms with E-state index in [0.717, 1.165) is 62.6 Å². The Morgan fingerprint density at radius 1 is 1.25 bits per heavy atom. The molecular formula is C21H26ClN3O3. The van der Waals surface area contributed by atoms with Crippen molar-refractivity contribution >= 4 is 17.5 Å². The summed E-state index contributed by atoms with van der Waals surface area (Å²) in [5, 5.41) is 7.92. The van der Waals surface area contributed by atoms with Crippen LogP contribution in [0.25, 0.3) is 0 Å². The van der Waals surface area contributed by atoms with Gasteiger partial charge in [0.1, 0.15) is 0 Å². The van der Waals surface area contributed by atoms with E-state index >= 15 is 0 Å². The van der Waals surface area contributed by atoms with Crippen LogP contribution in [0.5, 0.6) is 0 Å². The molecule has 0 aliphatic carbocycles. The second kappa shape index (κ2) is 9.07.